The minimum Gasteiger partial charge on any atom is -0.392 e. The first-order valence-electron chi connectivity index (χ1n) is 7.71. The average molecular weight is 343 g/mol. The summed E-state index contributed by atoms with van der Waals surface area (Å²) in [7, 11) is 0. The second-order valence-corrected chi connectivity index (χ2v) is 6.42. The van der Waals surface area contributed by atoms with E-state index >= 15 is 0 Å². The fourth-order valence-electron chi connectivity index (χ4n) is 2.61. The maximum atomic E-state index is 10.7. The molecule has 4 nitrogen and oxygen atoms in total. The summed E-state index contributed by atoms with van der Waals surface area (Å²) in [4.78, 5) is 4.55. The molecule has 5 heteroatoms. The van der Waals surface area contributed by atoms with Gasteiger partial charge in [-0.25, -0.2) is 4.98 Å². The molecule has 0 aliphatic heterocycles. The molecule has 3 aromatic rings. The second-order valence-electron chi connectivity index (χ2n) is 5.98. The lowest BCUT2D eigenvalue weighted by Crippen LogP contribution is -2.31. The predicted octanol–water partition coefficient (Wildman–Crippen LogP) is 3.70. The van der Waals surface area contributed by atoms with Crippen molar-refractivity contribution in [1.29, 1.82) is 0 Å². The van der Waals surface area contributed by atoms with Crippen LogP contribution in [-0.4, -0.2) is 21.7 Å². The van der Waals surface area contributed by atoms with Crippen LogP contribution in [0, 0.1) is 0 Å². The fraction of sp³-hybridized carbons (Fsp3) is 0.211. The summed E-state index contributed by atoms with van der Waals surface area (Å²) >= 11 is 6.00. The van der Waals surface area contributed by atoms with Gasteiger partial charge in [0, 0.05) is 22.5 Å². The van der Waals surface area contributed by atoms with Gasteiger partial charge in [-0.05, 0) is 36.8 Å². The number of fused-ring (bicyclic) bond motifs is 1. The molecular formula is C19H19ClN2O2. The number of aliphatic hydroxyl groups excluding tert-OH is 1. The van der Waals surface area contributed by atoms with Gasteiger partial charge in [0.15, 0.2) is 0 Å². The quantitative estimate of drug-likeness (QED) is 0.661. The standard InChI is InChI=1S/C19H19ClN2O2/c1-19(24,15-6-4-7-16(20)10-15)12-21-18-14(11-23)9-13-5-2-3-8-17(13)22-18/h2-10,23-24H,11-12H2,1H3,(H,21,22). The molecule has 2 aromatic carbocycles. The number of pyridine rings is 1. The highest BCUT2D eigenvalue weighted by molar-refractivity contribution is 6.30. The second kappa shape index (κ2) is 6.77. The molecule has 1 unspecified atom stereocenters. The lowest BCUT2D eigenvalue weighted by atomic mass is 9.96. The van der Waals surface area contributed by atoms with E-state index in [0.717, 1.165) is 10.9 Å². The van der Waals surface area contributed by atoms with Gasteiger partial charge in [0.25, 0.3) is 0 Å². The molecule has 0 fully saturated rings. The van der Waals surface area contributed by atoms with Crippen LogP contribution in [0.1, 0.15) is 18.1 Å². The zero-order valence-corrected chi connectivity index (χ0v) is 14.1. The van der Waals surface area contributed by atoms with Crippen LogP contribution in [0.2, 0.25) is 5.02 Å². The third-order valence-electron chi connectivity index (χ3n) is 4.02. The summed E-state index contributed by atoms with van der Waals surface area (Å²) in [6, 6.07) is 16.8. The molecule has 3 N–H and O–H groups in total. The van der Waals surface area contributed by atoms with Crippen LogP contribution in [0.15, 0.2) is 54.6 Å². The van der Waals surface area contributed by atoms with E-state index in [2.05, 4.69) is 10.3 Å². The van der Waals surface area contributed by atoms with Crippen LogP contribution in [0.25, 0.3) is 10.9 Å². The van der Waals surface area contributed by atoms with E-state index in [1.807, 2.05) is 36.4 Å². The van der Waals surface area contributed by atoms with Gasteiger partial charge in [-0.15, -0.1) is 0 Å². The monoisotopic (exact) mass is 342 g/mol. The van der Waals surface area contributed by atoms with Gasteiger partial charge in [0.05, 0.1) is 12.1 Å². The molecule has 0 amide bonds. The van der Waals surface area contributed by atoms with Crippen molar-refractivity contribution < 1.29 is 10.2 Å². The summed E-state index contributed by atoms with van der Waals surface area (Å²) in [5.74, 6) is 0.568. The Morgan fingerprint density at radius 3 is 2.67 bits per heavy atom. The molecule has 1 aromatic heterocycles. The van der Waals surface area contributed by atoms with Crippen LogP contribution in [0.5, 0.6) is 0 Å². The summed E-state index contributed by atoms with van der Waals surface area (Å²) in [6.45, 7) is 1.83. The zero-order chi connectivity index (χ0) is 17.2. The van der Waals surface area contributed by atoms with E-state index in [4.69, 9.17) is 11.6 Å². The number of para-hydroxylation sites is 1. The number of rotatable bonds is 5. The van der Waals surface area contributed by atoms with Gasteiger partial charge in [0.1, 0.15) is 11.4 Å². The third kappa shape index (κ3) is 3.51. The summed E-state index contributed by atoms with van der Waals surface area (Å²) in [6.07, 6.45) is 0. The Labute approximate surface area is 145 Å². The molecule has 1 atom stereocenters. The molecule has 0 aliphatic rings. The van der Waals surface area contributed by atoms with E-state index < -0.39 is 5.60 Å². The van der Waals surface area contributed by atoms with Gasteiger partial charge < -0.3 is 15.5 Å². The number of aliphatic hydroxyl groups is 2. The van der Waals surface area contributed by atoms with Crippen LogP contribution < -0.4 is 5.32 Å². The zero-order valence-electron chi connectivity index (χ0n) is 13.3. The fourth-order valence-corrected chi connectivity index (χ4v) is 2.80. The van der Waals surface area contributed by atoms with Crippen LogP contribution in [0.3, 0.4) is 0 Å². The molecule has 0 saturated carbocycles. The molecule has 0 aliphatic carbocycles. The average Bonchev–Trinajstić information content (AvgIpc) is 2.59. The van der Waals surface area contributed by atoms with Crippen LogP contribution >= 0.6 is 11.6 Å². The van der Waals surface area contributed by atoms with E-state index in [0.29, 0.717) is 22.0 Å². The van der Waals surface area contributed by atoms with Crippen molar-refractivity contribution in [1.82, 2.24) is 4.98 Å². The van der Waals surface area contributed by atoms with Gasteiger partial charge in [-0.3, -0.25) is 0 Å². The number of hydrogen-bond donors (Lipinski definition) is 3. The maximum absolute atomic E-state index is 10.7. The highest BCUT2D eigenvalue weighted by atomic mass is 35.5. The Morgan fingerprint density at radius 1 is 1.12 bits per heavy atom. The predicted molar refractivity (Wildman–Crippen MR) is 97.2 cm³/mol. The Balaban J connectivity index is 1.86. The van der Waals surface area contributed by atoms with Crippen molar-refractivity contribution in [2.24, 2.45) is 0 Å². The first-order valence-corrected chi connectivity index (χ1v) is 8.09. The van der Waals surface area contributed by atoms with Gasteiger partial charge in [-0.1, -0.05) is 41.9 Å². The molecular weight excluding hydrogens is 324 g/mol. The lowest BCUT2D eigenvalue weighted by molar-refractivity contribution is 0.0714. The number of nitrogens with zero attached hydrogens (tertiary/aromatic N) is 1. The van der Waals surface area contributed by atoms with Gasteiger partial charge in [0.2, 0.25) is 0 Å². The van der Waals surface area contributed by atoms with Crippen molar-refractivity contribution in [2.75, 3.05) is 11.9 Å². The molecule has 0 spiro atoms. The highest BCUT2D eigenvalue weighted by Gasteiger charge is 2.23. The molecule has 0 bridgehead atoms. The normalized spacial score (nSPS) is 13.7. The largest absolute Gasteiger partial charge is 0.392 e. The van der Waals surface area contributed by atoms with Gasteiger partial charge in [-0.2, -0.15) is 0 Å². The lowest BCUT2D eigenvalue weighted by Gasteiger charge is -2.25. The number of aromatic nitrogens is 1. The van der Waals surface area contributed by atoms with Crippen molar-refractivity contribution in [3.8, 4) is 0 Å². The maximum Gasteiger partial charge on any atom is 0.132 e. The molecule has 0 radical (unpaired) electrons. The van der Waals surface area contributed by atoms with Gasteiger partial charge >= 0.3 is 0 Å². The summed E-state index contributed by atoms with van der Waals surface area (Å²) in [5.41, 5.74) is 1.12. The molecule has 1 heterocycles. The SMILES string of the molecule is CC(O)(CNc1nc2ccccc2cc1CO)c1cccc(Cl)c1. The minimum absolute atomic E-state index is 0.126. The number of benzene rings is 2. The molecule has 124 valence electrons. The van der Waals surface area contributed by atoms with Crippen molar-refractivity contribution in [3.63, 3.8) is 0 Å². The Kier molecular flexibility index (Phi) is 4.71. The van der Waals surface area contributed by atoms with Crippen molar-refractivity contribution in [3.05, 3.63) is 70.7 Å². The summed E-state index contributed by atoms with van der Waals surface area (Å²) < 4.78 is 0. The summed E-state index contributed by atoms with van der Waals surface area (Å²) in [5, 5.41) is 25.0. The van der Waals surface area contributed by atoms with E-state index in [1.54, 1.807) is 25.1 Å². The topological polar surface area (TPSA) is 65.4 Å². The highest BCUT2D eigenvalue weighted by Crippen LogP contribution is 2.26. The number of hydrogen-bond acceptors (Lipinski definition) is 4. The molecule has 0 saturated heterocycles. The molecule has 24 heavy (non-hydrogen) atoms. The van der Waals surface area contributed by atoms with E-state index in [1.165, 1.54) is 0 Å². The third-order valence-corrected chi connectivity index (χ3v) is 4.25. The Bertz CT molecular complexity index is 865. The Morgan fingerprint density at radius 2 is 1.92 bits per heavy atom. The number of halogens is 1. The number of anilines is 1. The number of nitrogens with one attached hydrogen (secondary N) is 1. The smallest absolute Gasteiger partial charge is 0.132 e. The van der Waals surface area contributed by atoms with Crippen LogP contribution in [-0.2, 0) is 12.2 Å². The first kappa shape index (κ1) is 16.7. The van der Waals surface area contributed by atoms with Crippen molar-refractivity contribution >= 4 is 28.3 Å². The van der Waals surface area contributed by atoms with Crippen LogP contribution in [0.4, 0.5) is 5.82 Å². The minimum atomic E-state index is -1.12. The Hall–Kier alpha value is -2.14. The van der Waals surface area contributed by atoms with E-state index in [-0.39, 0.29) is 13.2 Å². The molecule has 3 rings (SSSR count). The van der Waals surface area contributed by atoms with E-state index in [9.17, 15) is 10.2 Å². The van der Waals surface area contributed by atoms with Crippen molar-refractivity contribution in [2.45, 2.75) is 19.1 Å². The first-order chi connectivity index (χ1) is 11.5.